The Kier molecular flexibility index (Phi) is 15.2. The van der Waals surface area contributed by atoms with E-state index < -0.39 is 35.3 Å². The molecule has 3 rings (SSSR count). The van der Waals surface area contributed by atoms with Crippen molar-refractivity contribution in [1.82, 2.24) is 20.2 Å². The number of allylic oxidation sites excluding steroid dienone is 10. The molecule has 0 radical (unpaired) electrons. The second kappa shape index (κ2) is 19.3. The van der Waals surface area contributed by atoms with Crippen LogP contribution in [0.5, 0.6) is 0 Å². The Morgan fingerprint density at radius 2 is 1.63 bits per heavy atom. The topological polar surface area (TPSA) is 144 Å². The van der Waals surface area contributed by atoms with Crippen LogP contribution in [0.4, 0.5) is 4.79 Å². The van der Waals surface area contributed by atoms with Crippen LogP contribution in [0, 0.1) is 6.92 Å². The smallest absolute Gasteiger partial charge is 0.407 e. The predicted octanol–water partition coefficient (Wildman–Crippen LogP) is 5.11. The summed E-state index contributed by atoms with van der Waals surface area (Å²) in [6.45, 7) is 7.88. The number of hydrogen-bond donors (Lipinski definition) is 3. The highest BCUT2D eigenvalue weighted by Gasteiger charge is 2.68. The highest BCUT2D eigenvalue weighted by Crippen LogP contribution is 2.55. The molecule has 2 fully saturated rings. The first-order valence-corrected chi connectivity index (χ1v) is 16.2. The van der Waals surface area contributed by atoms with Crippen LogP contribution in [0.1, 0.15) is 82.9 Å². The van der Waals surface area contributed by atoms with Crippen molar-refractivity contribution in [3.63, 3.8) is 0 Å². The molecule has 2 amide bonds. The molecule has 1 aromatic rings. The zero-order chi connectivity index (χ0) is 33.2. The molecule has 1 saturated carbocycles. The first kappa shape index (κ1) is 36.2. The normalized spacial score (nSPS) is 22.6. The van der Waals surface area contributed by atoms with Crippen molar-refractivity contribution in [1.29, 1.82) is 0 Å². The van der Waals surface area contributed by atoms with Gasteiger partial charge in [0.1, 0.15) is 17.9 Å². The Bertz CT molecular complexity index is 1420. The van der Waals surface area contributed by atoms with Crippen molar-refractivity contribution in [2.24, 2.45) is 4.99 Å². The Hall–Kier alpha value is -4.25. The van der Waals surface area contributed by atoms with Crippen molar-refractivity contribution in [2.75, 3.05) is 13.1 Å². The quantitative estimate of drug-likeness (QED) is 0.110. The van der Waals surface area contributed by atoms with Crippen molar-refractivity contribution in [2.45, 2.75) is 102 Å². The minimum absolute atomic E-state index is 0.0679. The van der Waals surface area contributed by atoms with E-state index in [4.69, 9.17) is 9.47 Å². The monoisotopic (exact) mass is 635 g/mol. The van der Waals surface area contributed by atoms with Crippen LogP contribution in [0.2, 0.25) is 0 Å². The van der Waals surface area contributed by atoms with Gasteiger partial charge in [0.2, 0.25) is 5.91 Å². The summed E-state index contributed by atoms with van der Waals surface area (Å²) in [6.07, 6.45) is 28.8. The van der Waals surface area contributed by atoms with Gasteiger partial charge in [-0.2, -0.15) is 0 Å². The molecule has 11 heteroatoms. The number of unbranched alkanes of at least 4 members (excludes halogenated alkanes) is 1. The van der Waals surface area contributed by atoms with Crippen LogP contribution in [0.25, 0.3) is 0 Å². The molecule has 1 aliphatic heterocycles. The molecule has 2 heterocycles. The lowest BCUT2D eigenvalue weighted by atomic mass is 10.1. The number of ether oxygens (including phenoxy) is 2. The molecule has 11 nitrogen and oxygen atoms in total. The molecule has 2 aliphatic rings. The van der Waals surface area contributed by atoms with E-state index in [1.165, 1.54) is 10.8 Å². The van der Waals surface area contributed by atoms with E-state index in [1.807, 2.05) is 0 Å². The van der Waals surface area contributed by atoms with E-state index >= 15 is 0 Å². The maximum absolute atomic E-state index is 12.3. The highest BCUT2D eigenvalue weighted by molar-refractivity contribution is 5.76. The third-order valence-corrected chi connectivity index (χ3v) is 7.81. The van der Waals surface area contributed by atoms with Gasteiger partial charge in [0.05, 0.1) is 6.04 Å². The van der Waals surface area contributed by atoms with E-state index in [0.29, 0.717) is 24.8 Å². The van der Waals surface area contributed by atoms with Gasteiger partial charge in [0, 0.05) is 44.1 Å². The van der Waals surface area contributed by atoms with Gasteiger partial charge in [-0.25, -0.2) is 9.59 Å². The lowest BCUT2D eigenvalue weighted by Crippen LogP contribution is -2.37. The highest BCUT2D eigenvalue weighted by atomic mass is 16.6. The van der Waals surface area contributed by atoms with Gasteiger partial charge >= 0.3 is 11.8 Å². The van der Waals surface area contributed by atoms with Crippen LogP contribution in [-0.4, -0.2) is 59.1 Å². The summed E-state index contributed by atoms with van der Waals surface area (Å²) in [5.74, 6) is -0.0679. The second-order valence-corrected chi connectivity index (χ2v) is 11.4. The standard InChI is InChI=1S/C35H49N5O6/c1-4-5-6-7-8-9-10-11-12-13-14-15-16-17-18-19-20-21-30(41)37-22-23-38-34(44)45-29-25-35(29)28(36-3)24-31(46-35)40-26-27(2)32(42)39-33(40)43/h5-6,8-9,11-12,14-15,17-18,26,28-29,31H,3-4,7,10,13,16,19-25H2,1-2H3,(H,37,41)(H,38,44)(H,39,42,43)/b6-5-,9-8-,12-11-,15-14-,18-17-/t28-,29?,31?,35?/m0/s1. The van der Waals surface area contributed by atoms with Gasteiger partial charge in [0.15, 0.2) is 0 Å². The minimum atomic E-state index is -0.855. The molecule has 46 heavy (non-hydrogen) atoms. The van der Waals surface area contributed by atoms with Gasteiger partial charge in [0.25, 0.3) is 5.56 Å². The van der Waals surface area contributed by atoms with Crippen molar-refractivity contribution in [3.8, 4) is 0 Å². The minimum Gasteiger partial charge on any atom is -0.443 e. The number of alkyl carbamates (subject to hydrolysis) is 1. The van der Waals surface area contributed by atoms with Crippen LogP contribution in [0.15, 0.2) is 81.5 Å². The number of amides is 2. The van der Waals surface area contributed by atoms with Crippen LogP contribution >= 0.6 is 0 Å². The van der Waals surface area contributed by atoms with Gasteiger partial charge in [-0.1, -0.05) is 67.7 Å². The lowest BCUT2D eigenvalue weighted by molar-refractivity contribution is -0.121. The van der Waals surface area contributed by atoms with Gasteiger partial charge in [-0.15, -0.1) is 0 Å². The van der Waals surface area contributed by atoms with Crippen molar-refractivity contribution >= 4 is 18.7 Å². The molecule has 250 valence electrons. The molecular weight excluding hydrogens is 586 g/mol. The first-order chi connectivity index (χ1) is 22.3. The lowest BCUT2D eigenvalue weighted by Gasteiger charge is -2.17. The number of rotatable bonds is 19. The SMILES string of the molecule is C=N[C@H]1CC(n2cc(C)c(=O)[nH]c2=O)OC12CC2OC(=O)NCCNC(=O)CCC/C=C\C/C=C\C/C=C\C/C=C\C/C=C\CC. The van der Waals surface area contributed by atoms with Crippen molar-refractivity contribution in [3.05, 3.63) is 93.4 Å². The van der Waals surface area contributed by atoms with E-state index in [1.54, 1.807) is 6.92 Å². The molecule has 3 N–H and O–H groups in total. The zero-order valence-corrected chi connectivity index (χ0v) is 27.1. The average molecular weight is 636 g/mol. The van der Waals surface area contributed by atoms with Crippen LogP contribution in [0.3, 0.4) is 0 Å². The fourth-order valence-corrected chi connectivity index (χ4v) is 5.19. The molecule has 4 atom stereocenters. The van der Waals surface area contributed by atoms with E-state index in [-0.39, 0.29) is 25.0 Å². The molecule has 1 saturated heterocycles. The maximum atomic E-state index is 12.3. The fraction of sp³-hybridized carbons (Fsp3) is 0.514. The number of nitrogens with zero attached hydrogens (tertiary/aromatic N) is 2. The summed E-state index contributed by atoms with van der Waals surface area (Å²) in [4.78, 5) is 54.9. The number of aryl methyl sites for hydroxylation is 1. The number of nitrogens with one attached hydrogen (secondary N) is 3. The number of hydrogen-bond acceptors (Lipinski definition) is 7. The van der Waals surface area contributed by atoms with Gasteiger partial charge in [-0.3, -0.25) is 24.1 Å². The summed E-state index contributed by atoms with van der Waals surface area (Å²) in [7, 11) is 0. The Morgan fingerprint density at radius 3 is 2.26 bits per heavy atom. The predicted molar refractivity (Wildman–Crippen MR) is 181 cm³/mol. The Labute approximate surface area is 271 Å². The fourth-order valence-electron chi connectivity index (χ4n) is 5.19. The molecule has 0 bridgehead atoms. The number of H-pyrrole nitrogens is 1. The van der Waals surface area contributed by atoms with Crippen LogP contribution < -0.4 is 21.9 Å². The third-order valence-electron chi connectivity index (χ3n) is 7.81. The summed E-state index contributed by atoms with van der Waals surface area (Å²) in [5, 5.41) is 5.44. The zero-order valence-electron chi connectivity index (χ0n) is 27.1. The molecule has 3 unspecified atom stereocenters. The molecule has 1 spiro atoms. The van der Waals surface area contributed by atoms with E-state index in [0.717, 1.165) is 44.9 Å². The molecular formula is C35H49N5O6. The van der Waals surface area contributed by atoms with Crippen LogP contribution in [-0.2, 0) is 14.3 Å². The maximum Gasteiger partial charge on any atom is 0.407 e. The summed E-state index contributed by atoms with van der Waals surface area (Å²) in [6, 6.07) is -0.372. The number of carbonyl (C=O) groups is 2. The average Bonchev–Trinajstić information content (AvgIpc) is 3.57. The van der Waals surface area contributed by atoms with Gasteiger partial charge in [-0.05, 0) is 58.6 Å². The number of aliphatic imine (C=N–C) groups is 1. The second-order valence-electron chi connectivity index (χ2n) is 11.4. The molecule has 1 aromatic heterocycles. The number of aromatic amines is 1. The third kappa shape index (κ3) is 11.6. The number of carbonyl (C=O) groups excluding carboxylic acids is 2. The summed E-state index contributed by atoms with van der Waals surface area (Å²) < 4.78 is 13.0. The van der Waals surface area contributed by atoms with E-state index in [2.05, 4.69) is 95.0 Å². The largest absolute Gasteiger partial charge is 0.443 e. The first-order valence-electron chi connectivity index (χ1n) is 16.2. The molecule has 1 aliphatic carbocycles. The van der Waals surface area contributed by atoms with Gasteiger partial charge < -0.3 is 20.1 Å². The van der Waals surface area contributed by atoms with Crippen molar-refractivity contribution < 1.29 is 19.1 Å². The molecule has 0 aromatic carbocycles. The number of aromatic nitrogens is 2. The summed E-state index contributed by atoms with van der Waals surface area (Å²) in [5.41, 5.74) is -1.50. The Balaban J connectivity index is 1.21. The summed E-state index contributed by atoms with van der Waals surface area (Å²) >= 11 is 0. The Morgan fingerprint density at radius 1 is 1.02 bits per heavy atom. The van der Waals surface area contributed by atoms with E-state index in [9.17, 15) is 19.2 Å².